The predicted octanol–water partition coefficient (Wildman–Crippen LogP) is 1.10. The molecule has 0 aromatic heterocycles. The molecule has 15 heavy (non-hydrogen) atoms. The third-order valence-electron chi connectivity index (χ3n) is 2.85. The van der Waals surface area contributed by atoms with Crippen molar-refractivity contribution in [1.82, 2.24) is 5.32 Å². The van der Waals surface area contributed by atoms with E-state index in [0.29, 0.717) is 12.5 Å². The molecule has 0 aromatic rings. The lowest BCUT2D eigenvalue weighted by molar-refractivity contribution is -0.157. The van der Waals surface area contributed by atoms with Crippen LogP contribution in [-0.4, -0.2) is 38.4 Å². The molecule has 1 heterocycles. The molecule has 0 amide bonds. The van der Waals surface area contributed by atoms with Crippen LogP contribution >= 0.6 is 0 Å². The average molecular weight is 215 g/mol. The van der Waals surface area contributed by atoms with Crippen LogP contribution < -0.4 is 5.32 Å². The number of nitrogens with one attached hydrogen (secondary N) is 1. The Labute approximate surface area is 91.3 Å². The van der Waals surface area contributed by atoms with E-state index in [4.69, 9.17) is 9.47 Å². The Morgan fingerprint density at radius 3 is 2.60 bits per heavy atom. The second-order valence-electron chi connectivity index (χ2n) is 4.17. The van der Waals surface area contributed by atoms with E-state index in [0.717, 1.165) is 6.42 Å². The number of ketones is 1. The monoisotopic (exact) mass is 215 g/mol. The van der Waals surface area contributed by atoms with E-state index >= 15 is 0 Å². The van der Waals surface area contributed by atoms with Crippen molar-refractivity contribution in [3.8, 4) is 0 Å². The summed E-state index contributed by atoms with van der Waals surface area (Å²) in [7, 11) is 2.98. The maximum atomic E-state index is 11.7. The molecule has 88 valence electrons. The molecular weight excluding hydrogens is 194 g/mol. The average Bonchev–Trinajstić information content (AvgIpc) is 2.19. The maximum Gasteiger partial charge on any atom is 0.217 e. The van der Waals surface area contributed by atoms with Gasteiger partial charge in [-0.1, -0.05) is 6.42 Å². The van der Waals surface area contributed by atoms with E-state index in [1.165, 1.54) is 27.1 Å². The molecule has 4 nitrogen and oxygen atoms in total. The van der Waals surface area contributed by atoms with Gasteiger partial charge in [0.1, 0.15) is 0 Å². The summed E-state index contributed by atoms with van der Waals surface area (Å²) in [6, 6.07) is 0.800. The van der Waals surface area contributed by atoms with Crippen molar-refractivity contribution in [3.05, 3.63) is 0 Å². The normalized spacial score (nSPS) is 26.9. The molecule has 1 rings (SSSR count). The fourth-order valence-corrected chi connectivity index (χ4v) is 2.10. The Hall–Kier alpha value is -0.450. The number of hydrogen-bond donors (Lipinski definition) is 1. The zero-order chi connectivity index (χ0) is 11.3. The van der Waals surface area contributed by atoms with E-state index in [9.17, 15) is 4.79 Å². The van der Waals surface area contributed by atoms with Crippen LogP contribution in [0.5, 0.6) is 0 Å². The number of rotatable bonds is 5. The van der Waals surface area contributed by atoms with Gasteiger partial charge in [0.2, 0.25) is 6.29 Å². The first-order valence-electron chi connectivity index (χ1n) is 5.51. The molecule has 0 spiro atoms. The van der Waals surface area contributed by atoms with Crippen LogP contribution in [0.1, 0.15) is 32.6 Å². The molecule has 1 saturated heterocycles. The first kappa shape index (κ1) is 12.6. The van der Waals surface area contributed by atoms with Crippen molar-refractivity contribution in [2.75, 3.05) is 14.2 Å². The van der Waals surface area contributed by atoms with E-state index in [2.05, 4.69) is 12.2 Å². The lowest BCUT2D eigenvalue weighted by Crippen LogP contribution is -2.43. The number of methoxy groups -OCH3 is 2. The molecule has 0 aromatic carbocycles. The lowest BCUT2D eigenvalue weighted by Gasteiger charge is -2.29. The molecule has 1 aliphatic heterocycles. The number of ether oxygens (including phenoxy) is 2. The Morgan fingerprint density at radius 1 is 1.40 bits per heavy atom. The fraction of sp³-hybridized carbons (Fsp3) is 0.909. The third kappa shape index (κ3) is 3.89. The van der Waals surface area contributed by atoms with Gasteiger partial charge in [-0.15, -0.1) is 0 Å². The topological polar surface area (TPSA) is 47.6 Å². The molecular formula is C11H21NO3. The number of piperidine rings is 1. The molecule has 0 saturated carbocycles. The van der Waals surface area contributed by atoms with Crippen LogP contribution in [0.25, 0.3) is 0 Å². The number of Topliss-reactive ketones (excluding diaryl/α,β-unsaturated/α-hetero) is 1. The van der Waals surface area contributed by atoms with E-state index < -0.39 is 6.29 Å². The van der Waals surface area contributed by atoms with Crippen molar-refractivity contribution in [3.63, 3.8) is 0 Å². The zero-order valence-corrected chi connectivity index (χ0v) is 9.79. The Kier molecular flexibility index (Phi) is 5.22. The molecule has 2 atom stereocenters. The smallest absolute Gasteiger partial charge is 0.217 e. The summed E-state index contributed by atoms with van der Waals surface area (Å²) in [6.07, 6.45) is 3.25. The van der Waals surface area contributed by atoms with Gasteiger partial charge in [-0.2, -0.15) is 0 Å². The number of carbonyl (C=O) groups is 1. The second kappa shape index (κ2) is 6.20. The molecule has 2 unspecified atom stereocenters. The SMILES string of the molecule is COC(OC)C(=O)CC1CCCC(C)N1. The van der Waals surface area contributed by atoms with Gasteiger partial charge < -0.3 is 14.8 Å². The minimum Gasteiger partial charge on any atom is -0.349 e. The largest absolute Gasteiger partial charge is 0.349 e. The van der Waals surface area contributed by atoms with E-state index in [1.54, 1.807) is 0 Å². The Bertz CT molecular complexity index is 204. The first-order chi connectivity index (χ1) is 7.17. The minimum atomic E-state index is -0.705. The molecule has 0 radical (unpaired) electrons. The van der Waals surface area contributed by atoms with E-state index in [-0.39, 0.29) is 11.8 Å². The summed E-state index contributed by atoms with van der Waals surface area (Å²) in [6.45, 7) is 2.15. The molecule has 0 aliphatic carbocycles. The molecule has 1 N–H and O–H groups in total. The lowest BCUT2D eigenvalue weighted by atomic mass is 9.96. The molecule has 1 aliphatic rings. The summed E-state index contributed by atoms with van der Waals surface area (Å²) < 4.78 is 9.86. The van der Waals surface area contributed by atoms with Crippen LogP contribution in [0.15, 0.2) is 0 Å². The van der Waals surface area contributed by atoms with Gasteiger partial charge in [0, 0.05) is 32.7 Å². The highest BCUT2D eigenvalue weighted by Gasteiger charge is 2.24. The quantitative estimate of drug-likeness (QED) is 0.698. The van der Waals surface area contributed by atoms with Crippen molar-refractivity contribution in [2.24, 2.45) is 0 Å². The van der Waals surface area contributed by atoms with Crippen LogP contribution in [0, 0.1) is 0 Å². The van der Waals surface area contributed by atoms with Gasteiger partial charge >= 0.3 is 0 Å². The van der Waals surface area contributed by atoms with Gasteiger partial charge in [-0.05, 0) is 19.8 Å². The Morgan fingerprint density at radius 2 is 2.07 bits per heavy atom. The van der Waals surface area contributed by atoms with Crippen LogP contribution in [0.3, 0.4) is 0 Å². The summed E-state index contributed by atoms with van der Waals surface area (Å²) in [4.78, 5) is 11.7. The molecule has 0 bridgehead atoms. The maximum absolute atomic E-state index is 11.7. The van der Waals surface area contributed by atoms with Crippen LogP contribution in [-0.2, 0) is 14.3 Å². The second-order valence-corrected chi connectivity index (χ2v) is 4.17. The zero-order valence-electron chi connectivity index (χ0n) is 9.79. The van der Waals surface area contributed by atoms with Gasteiger partial charge in [0.05, 0.1) is 0 Å². The number of hydrogen-bond acceptors (Lipinski definition) is 4. The minimum absolute atomic E-state index is 0.0200. The third-order valence-corrected chi connectivity index (χ3v) is 2.85. The van der Waals surface area contributed by atoms with Gasteiger partial charge in [-0.25, -0.2) is 0 Å². The van der Waals surface area contributed by atoms with Gasteiger partial charge in [0.15, 0.2) is 5.78 Å². The molecule has 4 heteroatoms. The summed E-state index contributed by atoms with van der Waals surface area (Å²) >= 11 is 0. The predicted molar refractivity (Wildman–Crippen MR) is 57.7 cm³/mol. The van der Waals surface area contributed by atoms with E-state index in [1.807, 2.05) is 0 Å². The van der Waals surface area contributed by atoms with Crippen LogP contribution in [0.2, 0.25) is 0 Å². The highest BCUT2D eigenvalue weighted by molar-refractivity contribution is 5.82. The summed E-state index contributed by atoms with van der Waals surface area (Å²) in [5.41, 5.74) is 0. The van der Waals surface area contributed by atoms with Gasteiger partial charge in [0.25, 0.3) is 0 Å². The summed E-state index contributed by atoms with van der Waals surface area (Å²) in [5.74, 6) is 0.0200. The highest BCUT2D eigenvalue weighted by atomic mass is 16.7. The Balaban J connectivity index is 2.36. The highest BCUT2D eigenvalue weighted by Crippen LogP contribution is 2.15. The van der Waals surface area contributed by atoms with Crippen molar-refractivity contribution in [2.45, 2.75) is 51.0 Å². The fourth-order valence-electron chi connectivity index (χ4n) is 2.10. The van der Waals surface area contributed by atoms with Gasteiger partial charge in [-0.3, -0.25) is 4.79 Å². The van der Waals surface area contributed by atoms with Crippen LogP contribution in [0.4, 0.5) is 0 Å². The van der Waals surface area contributed by atoms with Crippen molar-refractivity contribution < 1.29 is 14.3 Å². The standard InChI is InChI=1S/C11H21NO3/c1-8-5-4-6-9(12-8)7-10(13)11(14-2)15-3/h8-9,11-12H,4-7H2,1-3H3. The van der Waals surface area contributed by atoms with Crippen molar-refractivity contribution >= 4 is 5.78 Å². The summed E-state index contributed by atoms with van der Waals surface area (Å²) in [5, 5.41) is 3.42. The molecule has 1 fully saturated rings. The number of carbonyl (C=O) groups excluding carboxylic acids is 1. The van der Waals surface area contributed by atoms with Crippen molar-refractivity contribution in [1.29, 1.82) is 0 Å². The first-order valence-corrected chi connectivity index (χ1v) is 5.51.